The Morgan fingerprint density at radius 3 is 2.30 bits per heavy atom. The van der Waals surface area contributed by atoms with Crippen molar-refractivity contribution in [3.8, 4) is 23.0 Å². The Bertz CT molecular complexity index is 1110. The van der Waals surface area contributed by atoms with Gasteiger partial charge in [-0.1, -0.05) is 29.2 Å². The van der Waals surface area contributed by atoms with E-state index in [2.05, 4.69) is 20.8 Å². The summed E-state index contributed by atoms with van der Waals surface area (Å²) in [5.74, 6) is 1.27. The number of aromatic nitrogens is 2. The van der Waals surface area contributed by atoms with Crippen molar-refractivity contribution in [2.45, 2.75) is 4.34 Å². The number of carbonyl (C=O) groups is 2. The van der Waals surface area contributed by atoms with Crippen molar-refractivity contribution in [3.05, 3.63) is 42.0 Å². The van der Waals surface area contributed by atoms with Gasteiger partial charge in [0.25, 0.3) is 5.91 Å². The van der Waals surface area contributed by atoms with Gasteiger partial charge in [-0.3, -0.25) is 14.9 Å². The minimum absolute atomic E-state index is 0.132. The number of thioether (sulfide) groups is 1. The molecule has 0 aliphatic heterocycles. The van der Waals surface area contributed by atoms with E-state index in [9.17, 15) is 9.59 Å². The van der Waals surface area contributed by atoms with Gasteiger partial charge in [-0.2, -0.15) is 0 Å². The lowest BCUT2D eigenvalue weighted by atomic mass is 10.1. The van der Waals surface area contributed by atoms with Gasteiger partial charge < -0.3 is 24.3 Å². The lowest BCUT2D eigenvalue weighted by molar-refractivity contribution is -0.113. The van der Waals surface area contributed by atoms with Crippen LogP contribution in [0.1, 0.15) is 10.4 Å². The molecule has 3 aromatic rings. The van der Waals surface area contributed by atoms with Crippen LogP contribution < -0.4 is 29.6 Å². The highest BCUT2D eigenvalue weighted by atomic mass is 32.2. The van der Waals surface area contributed by atoms with E-state index in [1.165, 1.54) is 45.2 Å². The number of methoxy groups -OCH3 is 4. The maximum atomic E-state index is 12.7. The van der Waals surface area contributed by atoms with Crippen LogP contribution in [0.4, 0.5) is 10.8 Å². The first-order valence-corrected chi connectivity index (χ1v) is 11.3. The molecule has 1 heterocycles. The van der Waals surface area contributed by atoms with Crippen molar-refractivity contribution in [1.29, 1.82) is 0 Å². The lowest BCUT2D eigenvalue weighted by Crippen LogP contribution is -2.13. The average Bonchev–Trinajstić information content (AvgIpc) is 3.28. The molecule has 1 aromatic heterocycles. The maximum Gasteiger partial charge on any atom is 0.257 e. The molecule has 33 heavy (non-hydrogen) atoms. The summed E-state index contributed by atoms with van der Waals surface area (Å²) in [6.45, 7) is 0. The third-order valence-corrected chi connectivity index (χ3v) is 6.21. The van der Waals surface area contributed by atoms with E-state index in [4.69, 9.17) is 18.9 Å². The molecular formula is C21H22N4O6S2. The Morgan fingerprint density at radius 1 is 0.939 bits per heavy atom. The summed E-state index contributed by atoms with van der Waals surface area (Å²) in [6, 6.07) is 10.2. The predicted octanol–water partition coefficient (Wildman–Crippen LogP) is 3.56. The minimum atomic E-state index is -0.419. The highest BCUT2D eigenvalue weighted by Crippen LogP contribution is 2.38. The summed E-state index contributed by atoms with van der Waals surface area (Å²) in [6.07, 6.45) is 0. The quantitative estimate of drug-likeness (QED) is 0.325. The van der Waals surface area contributed by atoms with Crippen LogP contribution >= 0.6 is 23.1 Å². The number of anilines is 2. The van der Waals surface area contributed by atoms with Crippen molar-refractivity contribution in [3.63, 3.8) is 0 Å². The first kappa shape index (κ1) is 24.1. The van der Waals surface area contributed by atoms with Crippen molar-refractivity contribution in [1.82, 2.24) is 10.2 Å². The standard InChI is InChI=1S/C21H22N4O6S2/c1-28-14-7-5-6-13(10-14)22-17(26)11-32-21-25-24-20(33-21)23-19(27)12-8-15(29-2)18(31-4)16(9-12)30-3/h5-10H,11H2,1-4H3,(H,22,26)(H,23,24,27). The zero-order chi connectivity index (χ0) is 23.8. The van der Waals surface area contributed by atoms with Crippen LogP contribution in [0.15, 0.2) is 40.7 Å². The number of carbonyl (C=O) groups excluding carboxylic acids is 2. The number of hydrogen-bond donors (Lipinski definition) is 2. The van der Waals surface area contributed by atoms with Gasteiger partial charge in [0, 0.05) is 17.3 Å². The zero-order valence-electron chi connectivity index (χ0n) is 18.3. The third kappa shape index (κ3) is 6.26. The molecule has 2 aromatic carbocycles. The van der Waals surface area contributed by atoms with Crippen LogP contribution in [0, 0.1) is 0 Å². The number of hydrogen-bond acceptors (Lipinski definition) is 10. The summed E-state index contributed by atoms with van der Waals surface area (Å²) in [5.41, 5.74) is 0.932. The van der Waals surface area contributed by atoms with Gasteiger partial charge in [0.05, 0.1) is 34.2 Å². The molecule has 0 fully saturated rings. The van der Waals surface area contributed by atoms with E-state index < -0.39 is 5.91 Å². The largest absolute Gasteiger partial charge is 0.497 e. The average molecular weight is 491 g/mol. The predicted molar refractivity (Wildman–Crippen MR) is 126 cm³/mol. The highest BCUT2D eigenvalue weighted by molar-refractivity contribution is 8.01. The van der Waals surface area contributed by atoms with E-state index in [1.54, 1.807) is 31.4 Å². The summed E-state index contributed by atoms with van der Waals surface area (Å²) >= 11 is 2.37. The van der Waals surface area contributed by atoms with E-state index in [-0.39, 0.29) is 11.7 Å². The van der Waals surface area contributed by atoms with Gasteiger partial charge in [-0.25, -0.2) is 0 Å². The molecule has 0 atom stereocenters. The summed E-state index contributed by atoms with van der Waals surface area (Å²) in [7, 11) is 5.98. The lowest BCUT2D eigenvalue weighted by Gasteiger charge is -2.13. The molecular weight excluding hydrogens is 468 g/mol. The van der Waals surface area contributed by atoms with Gasteiger partial charge in [0.1, 0.15) is 5.75 Å². The fraction of sp³-hybridized carbons (Fsp3) is 0.238. The van der Waals surface area contributed by atoms with Crippen molar-refractivity contribution in [2.75, 3.05) is 44.8 Å². The first-order valence-electron chi connectivity index (χ1n) is 9.49. The molecule has 3 rings (SSSR count). The SMILES string of the molecule is COc1cccc(NC(=O)CSc2nnc(NC(=O)c3cc(OC)c(OC)c(OC)c3)s2)c1. The fourth-order valence-electron chi connectivity index (χ4n) is 2.73. The second kappa shape index (κ2) is 11.4. The van der Waals surface area contributed by atoms with Crippen LogP contribution in [0.25, 0.3) is 0 Å². The van der Waals surface area contributed by atoms with Crippen molar-refractivity contribution in [2.24, 2.45) is 0 Å². The molecule has 10 nitrogen and oxygen atoms in total. The van der Waals surface area contributed by atoms with Crippen LogP contribution in [0.3, 0.4) is 0 Å². The summed E-state index contributed by atoms with van der Waals surface area (Å²) in [4.78, 5) is 24.9. The first-order chi connectivity index (χ1) is 16.0. The number of nitrogens with zero attached hydrogens (tertiary/aromatic N) is 2. The molecule has 0 aliphatic rings. The summed E-state index contributed by atoms with van der Waals surface area (Å²) in [5, 5.41) is 13.7. The minimum Gasteiger partial charge on any atom is -0.497 e. The van der Waals surface area contributed by atoms with Crippen LogP contribution in [-0.2, 0) is 4.79 Å². The van der Waals surface area contributed by atoms with E-state index in [0.29, 0.717) is 43.7 Å². The molecule has 0 radical (unpaired) electrons. The fourth-order valence-corrected chi connectivity index (χ4v) is 4.27. The van der Waals surface area contributed by atoms with Crippen molar-refractivity contribution < 1.29 is 28.5 Å². The smallest absolute Gasteiger partial charge is 0.257 e. The second-order valence-corrected chi connectivity index (χ2v) is 8.51. The molecule has 0 saturated carbocycles. The Hall–Kier alpha value is -3.51. The third-order valence-electron chi connectivity index (χ3n) is 4.23. The van der Waals surface area contributed by atoms with Crippen molar-refractivity contribution >= 4 is 45.7 Å². The highest BCUT2D eigenvalue weighted by Gasteiger charge is 2.18. The normalized spacial score (nSPS) is 10.3. The number of benzene rings is 2. The van der Waals surface area contributed by atoms with E-state index >= 15 is 0 Å². The van der Waals surface area contributed by atoms with Gasteiger partial charge in [-0.05, 0) is 24.3 Å². The summed E-state index contributed by atoms with van der Waals surface area (Å²) < 4.78 is 21.5. The monoisotopic (exact) mass is 490 g/mol. The molecule has 0 saturated heterocycles. The molecule has 174 valence electrons. The van der Waals surface area contributed by atoms with Crippen LogP contribution in [-0.4, -0.2) is 56.2 Å². The van der Waals surface area contributed by atoms with Gasteiger partial charge >= 0.3 is 0 Å². The van der Waals surface area contributed by atoms with E-state index in [1.807, 2.05) is 0 Å². The van der Waals surface area contributed by atoms with Crippen LogP contribution in [0.2, 0.25) is 0 Å². The van der Waals surface area contributed by atoms with Gasteiger partial charge in [0.15, 0.2) is 15.8 Å². The van der Waals surface area contributed by atoms with Gasteiger partial charge in [0.2, 0.25) is 16.8 Å². The number of ether oxygens (including phenoxy) is 4. The molecule has 2 amide bonds. The molecule has 0 bridgehead atoms. The maximum absolute atomic E-state index is 12.7. The second-order valence-electron chi connectivity index (χ2n) is 6.31. The number of rotatable bonds is 10. The molecule has 0 aliphatic carbocycles. The topological polar surface area (TPSA) is 121 Å². The molecule has 0 unspecified atom stereocenters. The molecule has 2 N–H and O–H groups in total. The molecule has 0 spiro atoms. The Morgan fingerprint density at radius 2 is 1.67 bits per heavy atom. The van der Waals surface area contributed by atoms with Crippen LogP contribution in [0.5, 0.6) is 23.0 Å². The Balaban J connectivity index is 1.59. The zero-order valence-corrected chi connectivity index (χ0v) is 20.0. The Labute approximate surface area is 198 Å². The number of amides is 2. The Kier molecular flexibility index (Phi) is 8.33. The van der Waals surface area contributed by atoms with Gasteiger partial charge in [-0.15, -0.1) is 10.2 Å². The number of nitrogens with one attached hydrogen (secondary N) is 2. The van der Waals surface area contributed by atoms with E-state index in [0.717, 1.165) is 11.3 Å². The molecule has 12 heteroatoms.